The van der Waals surface area contributed by atoms with Crippen LogP contribution < -0.4 is 0 Å². The van der Waals surface area contributed by atoms with Gasteiger partial charge in [0.25, 0.3) is 0 Å². The third-order valence-electron chi connectivity index (χ3n) is 0.788. The van der Waals surface area contributed by atoms with Gasteiger partial charge < -0.3 is 0 Å². The van der Waals surface area contributed by atoms with Crippen LogP contribution in [-0.2, 0) is 9.78 Å². The van der Waals surface area contributed by atoms with Gasteiger partial charge in [0.15, 0.2) is 0 Å². The van der Waals surface area contributed by atoms with Gasteiger partial charge in [-0.25, -0.2) is 9.78 Å². The molecule has 1 saturated heterocycles. The van der Waals surface area contributed by atoms with Crippen LogP contribution in [0.25, 0.3) is 0 Å². The fourth-order valence-electron chi connectivity index (χ4n) is 0.377. The first-order chi connectivity index (χ1) is 2.89. The topological polar surface area (TPSA) is 18.5 Å². The molecule has 1 fully saturated rings. The zero-order chi connectivity index (χ0) is 4.41. The van der Waals surface area contributed by atoms with Crippen molar-refractivity contribution >= 4 is 0 Å². The maximum Gasteiger partial charge on any atom is 0.0871 e. The van der Waals surface area contributed by atoms with Crippen LogP contribution in [0.15, 0.2) is 0 Å². The lowest BCUT2D eigenvalue weighted by atomic mass is 10.2. The van der Waals surface area contributed by atoms with E-state index in [1.165, 1.54) is 0 Å². The van der Waals surface area contributed by atoms with E-state index in [9.17, 15) is 0 Å². The standard InChI is InChI=1S/C4H8O2/c1-4-2-5-6-3-4/h4H,2-3H2,1H3. The van der Waals surface area contributed by atoms with Crippen molar-refractivity contribution in [1.82, 2.24) is 0 Å². The molecule has 0 aromatic rings. The third kappa shape index (κ3) is 0.698. The molecule has 0 spiro atoms. The van der Waals surface area contributed by atoms with Crippen LogP contribution in [0.5, 0.6) is 0 Å². The molecule has 2 heteroatoms. The molecule has 0 N–H and O–H groups in total. The van der Waals surface area contributed by atoms with Crippen LogP contribution in [-0.4, -0.2) is 13.2 Å². The summed E-state index contributed by atoms with van der Waals surface area (Å²) in [4.78, 5) is 9.11. The predicted octanol–water partition coefficient (Wildman–Crippen LogP) is 0.584. The van der Waals surface area contributed by atoms with Crippen LogP contribution in [0.1, 0.15) is 6.92 Å². The molecule has 6 heavy (non-hydrogen) atoms. The van der Waals surface area contributed by atoms with E-state index in [-0.39, 0.29) is 0 Å². The minimum absolute atomic E-state index is 0.602. The molecule has 0 aliphatic carbocycles. The fourth-order valence-corrected chi connectivity index (χ4v) is 0.377. The summed E-state index contributed by atoms with van der Waals surface area (Å²) in [6.45, 7) is 3.62. The summed E-state index contributed by atoms with van der Waals surface area (Å²) in [5.74, 6) is 0.602. The lowest BCUT2D eigenvalue weighted by molar-refractivity contribution is -0.248. The Kier molecular flexibility index (Phi) is 1.08. The van der Waals surface area contributed by atoms with Gasteiger partial charge in [-0.1, -0.05) is 6.92 Å². The monoisotopic (exact) mass is 88.1 g/mol. The van der Waals surface area contributed by atoms with Crippen molar-refractivity contribution in [3.8, 4) is 0 Å². The molecule has 0 amide bonds. The second-order valence-corrected chi connectivity index (χ2v) is 1.67. The molecule has 0 aromatic carbocycles. The van der Waals surface area contributed by atoms with Crippen molar-refractivity contribution in [1.29, 1.82) is 0 Å². The van der Waals surface area contributed by atoms with E-state index in [0.29, 0.717) is 5.92 Å². The highest BCUT2D eigenvalue weighted by Crippen LogP contribution is 2.04. The van der Waals surface area contributed by atoms with E-state index >= 15 is 0 Å². The highest BCUT2D eigenvalue weighted by molar-refractivity contribution is 4.48. The van der Waals surface area contributed by atoms with E-state index < -0.39 is 0 Å². The Labute approximate surface area is 37.0 Å². The SMILES string of the molecule is CC1COOC1. The quantitative estimate of drug-likeness (QED) is 0.403. The Balaban J connectivity index is 2.18. The summed E-state index contributed by atoms with van der Waals surface area (Å²) in [6, 6.07) is 0. The van der Waals surface area contributed by atoms with Crippen molar-refractivity contribution in [3.63, 3.8) is 0 Å². The summed E-state index contributed by atoms with van der Waals surface area (Å²) in [5.41, 5.74) is 0. The zero-order valence-corrected chi connectivity index (χ0v) is 3.81. The second-order valence-electron chi connectivity index (χ2n) is 1.67. The Morgan fingerprint density at radius 2 is 1.83 bits per heavy atom. The molecule has 36 valence electrons. The molecule has 1 aliphatic heterocycles. The molecule has 1 heterocycles. The molecule has 1 rings (SSSR count). The molecule has 0 saturated carbocycles. The Hall–Kier alpha value is -0.0800. The molecule has 1 aliphatic rings. The van der Waals surface area contributed by atoms with Crippen LogP contribution in [0.4, 0.5) is 0 Å². The minimum Gasteiger partial charge on any atom is -0.236 e. The average Bonchev–Trinajstić information content (AvgIpc) is 1.86. The maximum absolute atomic E-state index is 4.56. The second kappa shape index (κ2) is 1.58. The lowest BCUT2D eigenvalue weighted by Crippen LogP contribution is -1.93. The first-order valence-corrected chi connectivity index (χ1v) is 2.14. The van der Waals surface area contributed by atoms with Crippen molar-refractivity contribution < 1.29 is 9.78 Å². The first-order valence-electron chi connectivity index (χ1n) is 2.14. The summed E-state index contributed by atoms with van der Waals surface area (Å²) in [5, 5.41) is 0. The lowest BCUT2D eigenvalue weighted by Gasteiger charge is -1.84. The van der Waals surface area contributed by atoms with Gasteiger partial charge in [0.2, 0.25) is 0 Å². The summed E-state index contributed by atoms with van der Waals surface area (Å²) < 4.78 is 0. The molecule has 0 bridgehead atoms. The van der Waals surface area contributed by atoms with Crippen molar-refractivity contribution in [2.75, 3.05) is 13.2 Å². The van der Waals surface area contributed by atoms with Crippen LogP contribution in [0, 0.1) is 5.92 Å². The highest BCUT2D eigenvalue weighted by Gasteiger charge is 2.09. The zero-order valence-electron chi connectivity index (χ0n) is 3.81. The number of hydrogen-bond acceptors (Lipinski definition) is 2. The van der Waals surface area contributed by atoms with E-state index in [2.05, 4.69) is 16.7 Å². The van der Waals surface area contributed by atoms with Crippen LogP contribution in [0.3, 0.4) is 0 Å². The van der Waals surface area contributed by atoms with Crippen molar-refractivity contribution in [2.45, 2.75) is 6.92 Å². The maximum atomic E-state index is 4.56. The Morgan fingerprint density at radius 1 is 1.33 bits per heavy atom. The molecule has 0 aromatic heterocycles. The van der Waals surface area contributed by atoms with E-state index in [0.717, 1.165) is 13.2 Å². The Morgan fingerprint density at radius 3 is 2.00 bits per heavy atom. The van der Waals surface area contributed by atoms with Crippen molar-refractivity contribution in [3.05, 3.63) is 0 Å². The molecular formula is C4H8O2. The van der Waals surface area contributed by atoms with Gasteiger partial charge in [-0.05, 0) is 0 Å². The van der Waals surface area contributed by atoms with Gasteiger partial charge in [0.05, 0.1) is 13.2 Å². The summed E-state index contributed by atoms with van der Waals surface area (Å²) in [6.07, 6.45) is 0. The number of rotatable bonds is 0. The third-order valence-corrected chi connectivity index (χ3v) is 0.788. The Bertz CT molecular complexity index is 38.8. The highest BCUT2D eigenvalue weighted by atomic mass is 17.2. The molecule has 2 nitrogen and oxygen atoms in total. The molecular weight excluding hydrogens is 80.0 g/mol. The van der Waals surface area contributed by atoms with Gasteiger partial charge in [0, 0.05) is 5.92 Å². The fraction of sp³-hybridized carbons (Fsp3) is 1.00. The van der Waals surface area contributed by atoms with E-state index in [1.54, 1.807) is 0 Å². The van der Waals surface area contributed by atoms with Gasteiger partial charge >= 0.3 is 0 Å². The normalized spacial score (nSPS) is 25.5. The van der Waals surface area contributed by atoms with Gasteiger partial charge in [-0.3, -0.25) is 0 Å². The molecule has 0 radical (unpaired) electrons. The smallest absolute Gasteiger partial charge is 0.0871 e. The van der Waals surface area contributed by atoms with Crippen LogP contribution in [0.2, 0.25) is 0 Å². The van der Waals surface area contributed by atoms with Crippen molar-refractivity contribution in [2.24, 2.45) is 5.92 Å². The summed E-state index contributed by atoms with van der Waals surface area (Å²) >= 11 is 0. The summed E-state index contributed by atoms with van der Waals surface area (Å²) in [7, 11) is 0. The van der Waals surface area contributed by atoms with E-state index in [4.69, 9.17) is 0 Å². The average molecular weight is 88.1 g/mol. The van der Waals surface area contributed by atoms with E-state index in [1.807, 2.05) is 0 Å². The van der Waals surface area contributed by atoms with Gasteiger partial charge in [0.1, 0.15) is 0 Å². The molecule has 0 atom stereocenters. The van der Waals surface area contributed by atoms with Gasteiger partial charge in [-0.2, -0.15) is 0 Å². The molecule has 0 unspecified atom stereocenters. The van der Waals surface area contributed by atoms with Gasteiger partial charge in [-0.15, -0.1) is 0 Å². The number of hydrogen-bond donors (Lipinski definition) is 0. The first kappa shape index (κ1) is 4.09. The predicted molar refractivity (Wildman–Crippen MR) is 21.1 cm³/mol. The largest absolute Gasteiger partial charge is 0.236 e. The minimum atomic E-state index is 0.602. The van der Waals surface area contributed by atoms with Crippen LogP contribution >= 0.6 is 0 Å².